The number of nitrogens with zero attached hydrogens (tertiary/aromatic N) is 2. The fourth-order valence-electron chi connectivity index (χ4n) is 9.69. The van der Waals surface area contributed by atoms with Crippen LogP contribution in [0.2, 0.25) is 0 Å². The van der Waals surface area contributed by atoms with Gasteiger partial charge in [-0.25, -0.2) is 0 Å². The lowest BCUT2D eigenvalue weighted by atomic mass is 10.0. The summed E-state index contributed by atoms with van der Waals surface area (Å²) in [6.07, 6.45) is 0. The first-order chi connectivity index (χ1) is 26.3. The van der Waals surface area contributed by atoms with Crippen LogP contribution in [-0.2, 0) is 0 Å². The normalized spacial score (nSPS) is 12.5. The topological polar surface area (TPSA) is 23.0 Å². The molecule has 0 unspecified atom stereocenters. The number of benzene rings is 9. The van der Waals surface area contributed by atoms with E-state index >= 15 is 0 Å². The van der Waals surface area contributed by atoms with Crippen molar-refractivity contribution in [2.45, 2.75) is 0 Å². The van der Waals surface area contributed by atoms with Gasteiger partial charge in [-0.05, 0) is 80.9 Å². The fraction of sp³-hybridized carbons (Fsp3) is 0. The zero-order valence-electron chi connectivity index (χ0n) is 28.5. The first kappa shape index (κ1) is 27.6. The Morgan fingerprint density at radius 1 is 0.340 bits per heavy atom. The minimum atomic E-state index is 0.895. The highest BCUT2D eigenvalue weighted by atomic mass is 16.3. The van der Waals surface area contributed by atoms with Gasteiger partial charge in [0, 0.05) is 38.0 Å². The van der Waals surface area contributed by atoms with E-state index in [4.69, 9.17) is 4.42 Å². The summed E-state index contributed by atoms with van der Waals surface area (Å²) in [5.74, 6) is 0. The molecular weight excluding hydrogens is 645 g/mol. The lowest BCUT2D eigenvalue weighted by Crippen LogP contribution is -2.00. The van der Waals surface area contributed by atoms with Crippen molar-refractivity contribution in [2.75, 3.05) is 0 Å². The van der Waals surface area contributed by atoms with E-state index in [1.54, 1.807) is 0 Å². The quantitative estimate of drug-likeness (QED) is 0.179. The van der Waals surface area contributed by atoms with Gasteiger partial charge in [0.1, 0.15) is 11.2 Å². The van der Waals surface area contributed by atoms with E-state index in [1.165, 1.54) is 87.4 Å². The van der Waals surface area contributed by atoms with E-state index in [2.05, 4.69) is 179 Å². The third-order valence-electron chi connectivity index (χ3n) is 11.8. The molecule has 0 amide bonds. The Morgan fingerprint density at radius 3 is 1.87 bits per heavy atom. The molecule has 12 aromatic rings. The predicted octanol–water partition coefficient (Wildman–Crippen LogP) is 13.7. The molecule has 53 heavy (non-hydrogen) atoms. The number of aromatic nitrogens is 2. The minimum absolute atomic E-state index is 0.895. The molecule has 244 valence electrons. The van der Waals surface area contributed by atoms with Gasteiger partial charge in [-0.3, -0.25) is 0 Å². The van der Waals surface area contributed by atoms with Crippen molar-refractivity contribution in [2.24, 2.45) is 0 Å². The maximum atomic E-state index is 6.54. The summed E-state index contributed by atoms with van der Waals surface area (Å²) in [6, 6.07) is 62.3. The Kier molecular flexibility index (Phi) is 5.11. The third-order valence-corrected chi connectivity index (χ3v) is 11.8. The van der Waals surface area contributed by atoms with E-state index in [0.29, 0.717) is 0 Å². The molecule has 0 atom stereocenters. The Hall–Kier alpha value is -7.10. The van der Waals surface area contributed by atoms with Gasteiger partial charge >= 0.3 is 0 Å². The number of furan rings is 1. The molecule has 0 saturated heterocycles. The van der Waals surface area contributed by atoms with E-state index in [9.17, 15) is 0 Å². The van der Waals surface area contributed by atoms with Crippen LogP contribution in [0.4, 0.5) is 0 Å². The van der Waals surface area contributed by atoms with Crippen LogP contribution in [0.15, 0.2) is 174 Å². The molecule has 9 aromatic carbocycles. The Morgan fingerprint density at radius 2 is 0.962 bits per heavy atom. The molecule has 0 N–H and O–H groups in total. The number of rotatable bonds is 2. The van der Waals surface area contributed by atoms with Crippen LogP contribution >= 0.6 is 0 Å². The summed E-state index contributed by atoms with van der Waals surface area (Å²) in [5, 5.41) is 12.2. The minimum Gasteiger partial charge on any atom is -0.456 e. The van der Waals surface area contributed by atoms with Crippen molar-refractivity contribution < 1.29 is 4.42 Å². The van der Waals surface area contributed by atoms with Crippen LogP contribution in [0.1, 0.15) is 0 Å². The molecule has 0 radical (unpaired) electrons. The summed E-state index contributed by atoms with van der Waals surface area (Å²) in [6.45, 7) is 0. The van der Waals surface area contributed by atoms with Crippen molar-refractivity contribution in [3.8, 4) is 33.6 Å². The van der Waals surface area contributed by atoms with Gasteiger partial charge in [0.25, 0.3) is 0 Å². The lowest BCUT2D eigenvalue weighted by molar-refractivity contribution is 0.669. The average Bonchev–Trinajstić information content (AvgIpc) is 3.95. The largest absolute Gasteiger partial charge is 0.456 e. The first-order valence-corrected chi connectivity index (χ1v) is 18.3. The van der Waals surface area contributed by atoms with E-state index in [0.717, 1.165) is 33.3 Å². The van der Waals surface area contributed by atoms with Crippen molar-refractivity contribution in [1.82, 2.24) is 9.13 Å². The zero-order chi connectivity index (χ0) is 34.4. The third kappa shape index (κ3) is 3.44. The average molecular weight is 673 g/mol. The molecule has 0 bridgehead atoms. The van der Waals surface area contributed by atoms with Gasteiger partial charge in [-0.2, -0.15) is 0 Å². The molecule has 3 nitrogen and oxygen atoms in total. The van der Waals surface area contributed by atoms with Crippen LogP contribution in [0, 0.1) is 0 Å². The number of fused-ring (bicyclic) bond motifs is 15. The summed E-state index contributed by atoms with van der Waals surface area (Å²) >= 11 is 0. The van der Waals surface area contributed by atoms with Crippen LogP contribution in [0.3, 0.4) is 0 Å². The predicted molar refractivity (Wildman–Crippen MR) is 222 cm³/mol. The van der Waals surface area contributed by atoms with Gasteiger partial charge in [-0.15, -0.1) is 0 Å². The SMILES string of the molecule is c1ccc2c(c1)-c1cccc3cc(-n4c5ccccc5c5ccc6c7ccc8oc9ccccc9c8c7n(-c7cccc8ccccc78)c6c54)cc-2c13. The standard InChI is InChI=1S/C50H28N2O/c1-2-14-32-29(11-1)12-10-21-42(32)52-48-38(25-26-45-47(48)40-18-6-8-22-44(40)53-45)39-24-23-37-35-17-5-7-20-43(35)51(49(37)50(39)52)31-27-30-13-9-19-36-33-15-3-4-16-34(33)41(28-31)46(30)36/h1-28H. The van der Waals surface area contributed by atoms with Crippen LogP contribution in [0.5, 0.6) is 0 Å². The molecule has 3 heteroatoms. The lowest BCUT2D eigenvalue weighted by Gasteiger charge is -2.15. The molecular formula is C50H28N2O. The molecule has 13 rings (SSSR count). The number of para-hydroxylation sites is 2. The number of hydrogen-bond acceptors (Lipinski definition) is 1. The second-order valence-corrected chi connectivity index (χ2v) is 14.4. The highest BCUT2D eigenvalue weighted by Crippen LogP contribution is 2.50. The van der Waals surface area contributed by atoms with Gasteiger partial charge in [0.15, 0.2) is 0 Å². The summed E-state index contributed by atoms with van der Waals surface area (Å²) in [4.78, 5) is 0. The Bertz CT molecular complexity index is 3570. The maximum Gasteiger partial charge on any atom is 0.137 e. The van der Waals surface area contributed by atoms with Crippen molar-refractivity contribution in [1.29, 1.82) is 0 Å². The van der Waals surface area contributed by atoms with E-state index in [1.807, 2.05) is 0 Å². The zero-order valence-corrected chi connectivity index (χ0v) is 28.5. The van der Waals surface area contributed by atoms with Crippen LogP contribution < -0.4 is 0 Å². The number of hydrogen-bond donors (Lipinski definition) is 0. The monoisotopic (exact) mass is 672 g/mol. The molecule has 3 aromatic heterocycles. The van der Waals surface area contributed by atoms with E-state index < -0.39 is 0 Å². The first-order valence-electron chi connectivity index (χ1n) is 18.3. The highest BCUT2D eigenvalue weighted by Gasteiger charge is 2.27. The summed E-state index contributed by atoms with van der Waals surface area (Å²) < 4.78 is 11.6. The Balaban J connectivity index is 1.29. The molecule has 1 aliphatic rings. The molecule has 0 fully saturated rings. The summed E-state index contributed by atoms with van der Waals surface area (Å²) in [5.41, 5.74) is 14.1. The maximum absolute atomic E-state index is 6.54. The second kappa shape index (κ2) is 9.81. The molecule has 0 aliphatic heterocycles. The van der Waals surface area contributed by atoms with Crippen LogP contribution in [0.25, 0.3) is 121 Å². The molecule has 0 saturated carbocycles. The van der Waals surface area contributed by atoms with Gasteiger partial charge in [-0.1, -0.05) is 127 Å². The molecule has 1 aliphatic carbocycles. The van der Waals surface area contributed by atoms with Crippen molar-refractivity contribution in [3.05, 3.63) is 170 Å². The van der Waals surface area contributed by atoms with Crippen molar-refractivity contribution >= 4 is 87.1 Å². The van der Waals surface area contributed by atoms with Gasteiger partial charge in [0.05, 0.1) is 33.1 Å². The van der Waals surface area contributed by atoms with Crippen LogP contribution in [-0.4, -0.2) is 9.13 Å². The molecule has 0 spiro atoms. The van der Waals surface area contributed by atoms with Crippen molar-refractivity contribution in [3.63, 3.8) is 0 Å². The second-order valence-electron chi connectivity index (χ2n) is 14.4. The Labute approximate surface area is 303 Å². The smallest absolute Gasteiger partial charge is 0.137 e. The summed E-state index contributed by atoms with van der Waals surface area (Å²) in [7, 11) is 0. The molecule has 3 heterocycles. The van der Waals surface area contributed by atoms with E-state index in [-0.39, 0.29) is 0 Å². The van der Waals surface area contributed by atoms with Gasteiger partial charge in [0.2, 0.25) is 0 Å². The highest BCUT2D eigenvalue weighted by molar-refractivity contribution is 6.30. The van der Waals surface area contributed by atoms with Gasteiger partial charge < -0.3 is 13.6 Å². The fourth-order valence-corrected chi connectivity index (χ4v) is 9.69.